The van der Waals surface area contributed by atoms with Crippen molar-refractivity contribution in [1.82, 2.24) is 0 Å². The zero-order valence-corrected chi connectivity index (χ0v) is 10.8. The van der Waals surface area contributed by atoms with Gasteiger partial charge in [-0.25, -0.2) is 0 Å². The highest BCUT2D eigenvalue weighted by Crippen LogP contribution is 2.22. The number of anilines is 1. The van der Waals surface area contributed by atoms with Crippen LogP contribution in [0.4, 0.5) is 5.69 Å². The van der Waals surface area contributed by atoms with Crippen molar-refractivity contribution in [3.05, 3.63) is 51.7 Å². The van der Waals surface area contributed by atoms with Gasteiger partial charge in [0, 0.05) is 17.1 Å². The molecule has 0 aliphatic carbocycles. The summed E-state index contributed by atoms with van der Waals surface area (Å²) in [6.45, 7) is 6.51. The van der Waals surface area contributed by atoms with Crippen molar-refractivity contribution in [1.29, 1.82) is 0 Å². The van der Waals surface area contributed by atoms with Crippen LogP contribution in [0.1, 0.15) is 29.7 Å². The summed E-state index contributed by atoms with van der Waals surface area (Å²) >= 11 is 1.72. The molecule has 1 atom stereocenters. The average molecular weight is 231 g/mol. The molecule has 2 aromatic rings. The standard InChI is InChI=1S/C14H17NS/c1-10-4-5-13(8-11(10)2)12(3)15-14-6-7-16-9-14/h4-9,12,15H,1-3H3. The number of benzene rings is 1. The molecule has 1 N–H and O–H groups in total. The number of thiophene rings is 1. The number of hydrogen-bond donors (Lipinski definition) is 1. The molecule has 2 heteroatoms. The summed E-state index contributed by atoms with van der Waals surface area (Å²) in [5, 5.41) is 7.72. The van der Waals surface area contributed by atoms with Crippen molar-refractivity contribution in [2.45, 2.75) is 26.8 Å². The first kappa shape index (κ1) is 11.2. The van der Waals surface area contributed by atoms with E-state index in [1.54, 1.807) is 11.3 Å². The van der Waals surface area contributed by atoms with Gasteiger partial charge in [-0.3, -0.25) is 0 Å². The molecule has 0 radical (unpaired) electrons. The van der Waals surface area contributed by atoms with Crippen molar-refractivity contribution >= 4 is 17.0 Å². The molecule has 0 saturated carbocycles. The van der Waals surface area contributed by atoms with Crippen LogP contribution in [-0.2, 0) is 0 Å². The van der Waals surface area contributed by atoms with Crippen LogP contribution < -0.4 is 5.32 Å². The SMILES string of the molecule is Cc1ccc(C(C)Nc2ccsc2)cc1C. The van der Waals surface area contributed by atoms with E-state index in [9.17, 15) is 0 Å². The lowest BCUT2D eigenvalue weighted by molar-refractivity contribution is 0.883. The summed E-state index contributed by atoms with van der Waals surface area (Å²) in [7, 11) is 0. The Kier molecular flexibility index (Phi) is 3.30. The zero-order chi connectivity index (χ0) is 11.5. The van der Waals surface area contributed by atoms with Crippen molar-refractivity contribution < 1.29 is 0 Å². The first-order valence-corrected chi connectivity index (χ1v) is 6.47. The van der Waals surface area contributed by atoms with Crippen LogP contribution in [0.2, 0.25) is 0 Å². The van der Waals surface area contributed by atoms with E-state index in [-0.39, 0.29) is 0 Å². The van der Waals surface area contributed by atoms with Gasteiger partial charge in [0.2, 0.25) is 0 Å². The first-order valence-electron chi connectivity index (χ1n) is 5.52. The van der Waals surface area contributed by atoms with E-state index in [2.05, 4.69) is 61.1 Å². The monoisotopic (exact) mass is 231 g/mol. The van der Waals surface area contributed by atoms with E-state index < -0.39 is 0 Å². The normalized spacial score (nSPS) is 12.4. The van der Waals surface area contributed by atoms with Crippen LogP contribution >= 0.6 is 11.3 Å². The van der Waals surface area contributed by atoms with E-state index in [4.69, 9.17) is 0 Å². The summed E-state index contributed by atoms with van der Waals surface area (Å²) in [5.41, 5.74) is 5.26. The van der Waals surface area contributed by atoms with Gasteiger partial charge >= 0.3 is 0 Å². The van der Waals surface area contributed by atoms with Gasteiger partial charge in [0.05, 0.1) is 0 Å². The Morgan fingerprint density at radius 1 is 1.12 bits per heavy atom. The highest BCUT2D eigenvalue weighted by atomic mass is 32.1. The highest BCUT2D eigenvalue weighted by molar-refractivity contribution is 7.08. The molecule has 1 heterocycles. The third-order valence-electron chi connectivity index (χ3n) is 2.94. The Labute approximate surface area is 101 Å². The van der Waals surface area contributed by atoms with Crippen molar-refractivity contribution in [3.63, 3.8) is 0 Å². The van der Waals surface area contributed by atoms with Gasteiger partial charge in [0.1, 0.15) is 0 Å². The molecule has 0 aliphatic rings. The minimum absolute atomic E-state index is 0.355. The predicted molar refractivity (Wildman–Crippen MR) is 72.3 cm³/mol. The molecule has 1 aromatic heterocycles. The Morgan fingerprint density at radius 3 is 2.56 bits per heavy atom. The fourth-order valence-corrected chi connectivity index (χ4v) is 2.31. The number of hydrogen-bond acceptors (Lipinski definition) is 2. The molecule has 0 spiro atoms. The minimum Gasteiger partial charge on any atom is -0.378 e. The lowest BCUT2D eigenvalue weighted by atomic mass is 10.0. The molecule has 84 valence electrons. The smallest absolute Gasteiger partial charge is 0.0486 e. The Morgan fingerprint density at radius 2 is 1.94 bits per heavy atom. The van der Waals surface area contributed by atoms with Gasteiger partial charge in [0.25, 0.3) is 0 Å². The van der Waals surface area contributed by atoms with Crippen LogP contribution in [0.25, 0.3) is 0 Å². The Bertz CT molecular complexity index is 460. The molecule has 16 heavy (non-hydrogen) atoms. The van der Waals surface area contributed by atoms with Crippen LogP contribution in [0.3, 0.4) is 0 Å². The maximum atomic E-state index is 3.50. The molecular formula is C14H17NS. The molecule has 0 bridgehead atoms. The van der Waals surface area contributed by atoms with E-state index in [0.29, 0.717) is 6.04 Å². The molecule has 1 unspecified atom stereocenters. The molecule has 0 fully saturated rings. The fourth-order valence-electron chi connectivity index (χ4n) is 1.71. The summed E-state index contributed by atoms with van der Waals surface area (Å²) in [5.74, 6) is 0. The van der Waals surface area contributed by atoms with Gasteiger partial charge < -0.3 is 5.32 Å². The third kappa shape index (κ3) is 2.45. The predicted octanol–water partition coefficient (Wildman–Crippen LogP) is 4.54. The molecule has 1 aromatic carbocycles. The topological polar surface area (TPSA) is 12.0 Å². The van der Waals surface area contributed by atoms with E-state index in [1.165, 1.54) is 22.4 Å². The third-order valence-corrected chi connectivity index (χ3v) is 3.62. The summed E-state index contributed by atoms with van der Waals surface area (Å²) in [6, 6.07) is 9.12. The second-order valence-electron chi connectivity index (χ2n) is 4.22. The lowest BCUT2D eigenvalue weighted by Gasteiger charge is -2.15. The van der Waals surface area contributed by atoms with Crippen LogP contribution in [-0.4, -0.2) is 0 Å². The van der Waals surface area contributed by atoms with E-state index in [0.717, 1.165) is 0 Å². The fraction of sp³-hybridized carbons (Fsp3) is 0.286. The largest absolute Gasteiger partial charge is 0.378 e. The van der Waals surface area contributed by atoms with Crippen molar-refractivity contribution in [2.75, 3.05) is 5.32 Å². The van der Waals surface area contributed by atoms with Crippen molar-refractivity contribution in [2.24, 2.45) is 0 Å². The number of nitrogens with one attached hydrogen (secondary N) is 1. The number of aryl methyl sites for hydroxylation is 2. The maximum Gasteiger partial charge on any atom is 0.0486 e. The summed E-state index contributed by atoms with van der Waals surface area (Å²) < 4.78 is 0. The summed E-state index contributed by atoms with van der Waals surface area (Å²) in [4.78, 5) is 0. The maximum absolute atomic E-state index is 3.50. The van der Waals surface area contributed by atoms with Gasteiger partial charge in [-0.2, -0.15) is 11.3 Å². The van der Waals surface area contributed by atoms with Crippen LogP contribution in [0, 0.1) is 13.8 Å². The zero-order valence-electron chi connectivity index (χ0n) is 9.95. The molecular weight excluding hydrogens is 214 g/mol. The highest BCUT2D eigenvalue weighted by Gasteiger charge is 2.06. The minimum atomic E-state index is 0.355. The number of rotatable bonds is 3. The van der Waals surface area contributed by atoms with Crippen LogP contribution in [0.5, 0.6) is 0 Å². The Balaban J connectivity index is 2.14. The molecule has 0 aliphatic heterocycles. The second kappa shape index (κ2) is 4.71. The molecule has 0 amide bonds. The molecule has 2 rings (SSSR count). The van der Waals surface area contributed by atoms with Gasteiger partial charge in [-0.1, -0.05) is 18.2 Å². The lowest BCUT2D eigenvalue weighted by Crippen LogP contribution is -2.06. The molecule has 1 nitrogen and oxygen atoms in total. The van der Waals surface area contributed by atoms with Crippen molar-refractivity contribution in [3.8, 4) is 0 Å². The van der Waals surface area contributed by atoms with E-state index in [1.807, 2.05) is 0 Å². The van der Waals surface area contributed by atoms with Gasteiger partial charge in [-0.05, 0) is 48.9 Å². The first-order chi connectivity index (χ1) is 7.66. The van der Waals surface area contributed by atoms with Gasteiger partial charge in [0.15, 0.2) is 0 Å². The molecule has 0 saturated heterocycles. The summed E-state index contributed by atoms with van der Waals surface area (Å²) in [6.07, 6.45) is 0. The van der Waals surface area contributed by atoms with E-state index >= 15 is 0 Å². The average Bonchev–Trinajstić information content (AvgIpc) is 2.74. The van der Waals surface area contributed by atoms with Crippen LogP contribution in [0.15, 0.2) is 35.0 Å². The van der Waals surface area contributed by atoms with Gasteiger partial charge in [-0.15, -0.1) is 0 Å². The quantitative estimate of drug-likeness (QED) is 0.818. The second-order valence-corrected chi connectivity index (χ2v) is 5.00. The Hall–Kier alpha value is -1.28.